The SMILES string of the molecule is c1ccc2cc3c(cc2c1)c1c2ccccc2ccc1n3-c1cnc2c(n1)c1ccccc1n2-c1cccc2oc3ccccc3c12. The molecule has 0 unspecified atom stereocenters. The second kappa shape index (κ2) is 9.05. The van der Waals surface area contributed by atoms with Crippen LogP contribution in [0.1, 0.15) is 0 Å². The second-order valence-electron chi connectivity index (χ2n) is 12.2. The van der Waals surface area contributed by atoms with Crippen LogP contribution in [0.3, 0.4) is 0 Å². The minimum atomic E-state index is 0.790. The van der Waals surface area contributed by atoms with Crippen molar-refractivity contribution in [2.24, 2.45) is 0 Å². The van der Waals surface area contributed by atoms with Crippen molar-refractivity contribution < 1.29 is 4.42 Å². The summed E-state index contributed by atoms with van der Waals surface area (Å²) >= 11 is 0. The quantitative estimate of drug-likeness (QED) is 0.198. The Labute approximate surface area is 267 Å². The average Bonchev–Trinajstić information content (AvgIpc) is 3.78. The molecule has 47 heavy (non-hydrogen) atoms. The summed E-state index contributed by atoms with van der Waals surface area (Å²) < 4.78 is 10.8. The summed E-state index contributed by atoms with van der Waals surface area (Å²) in [5.41, 5.74) is 7.69. The van der Waals surface area contributed by atoms with Gasteiger partial charge in [-0.1, -0.05) is 97.1 Å². The Morgan fingerprint density at radius 1 is 0.468 bits per heavy atom. The molecule has 4 aromatic heterocycles. The summed E-state index contributed by atoms with van der Waals surface area (Å²) in [6, 6.07) is 49.1. The first kappa shape index (κ1) is 24.8. The predicted molar refractivity (Wildman–Crippen MR) is 193 cm³/mol. The first-order valence-corrected chi connectivity index (χ1v) is 15.8. The van der Waals surface area contributed by atoms with Gasteiger partial charge in [-0.3, -0.25) is 9.13 Å². The molecule has 5 nitrogen and oxygen atoms in total. The van der Waals surface area contributed by atoms with E-state index in [-0.39, 0.29) is 0 Å². The van der Waals surface area contributed by atoms with Crippen LogP contribution in [0.2, 0.25) is 0 Å². The zero-order valence-corrected chi connectivity index (χ0v) is 25.1. The van der Waals surface area contributed by atoms with Crippen molar-refractivity contribution in [2.45, 2.75) is 0 Å². The molecule has 11 rings (SSSR count). The van der Waals surface area contributed by atoms with E-state index < -0.39 is 0 Å². The molecule has 0 spiro atoms. The molecular weight excluding hydrogens is 576 g/mol. The van der Waals surface area contributed by atoms with E-state index in [0.29, 0.717) is 0 Å². The van der Waals surface area contributed by atoms with E-state index >= 15 is 0 Å². The maximum absolute atomic E-state index is 6.27. The molecule has 0 N–H and O–H groups in total. The second-order valence-corrected chi connectivity index (χ2v) is 12.2. The highest BCUT2D eigenvalue weighted by atomic mass is 16.3. The van der Waals surface area contributed by atoms with Crippen LogP contribution in [0.15, 0.2) is 150 Å². The first-order chi connectivity index (χ1) is 23.3. The fourth-order valence-electron chi connectivity index (χ4n) is 7.71. The monoisotopic (exact) mass is 600 g/mol. The summed E-state index contributed by atoms with van der Waals surface area (Å²) in [5, 5.41) is 10.5. The molecule has 0 amide bonds. The van der Waals surface area contributed by atoms with Crippen LogP contribution < -0.4 is 0 Å². The van der Waals surface area contributed by atoms with Gasteiger partial charge in [0, 0.05) is 21.5 Å². The van der Waals surface area contributed by atoms with Crippen molar-refractivity contribution in [2.75, 3.05) is 0 Å². The molecule has 11 aromatic rings. The molecule has 0 bridgehead atoms. The minimum Gasteiger partial charge on any atom is -0.456 e. The van der Waals surface area contributed by atoms with E-state index in [0.717, 1.165) is 66.5 Å². The lowest BCUT2D eigenvalue weighted by atomic mass is 10.0. The van der Waals surface area contributed by atoms with Crippen LogP contribution in [-0.4, -0.2) is 19.1 Å². The maximum Gasteiger partial charge on any atom is 0.164 e. The molecule has 0 aliphatic heterocycles. The number of furan rings is 1. The van der Waals surface area contributed by atoms with Crippen LogP contribution in [0.4, 0.5) is 0 Å². The molecular formula is C42H24N4O. The zero-order chi connectivity index (χ0) is 30.6. The Hall–Kier alpha value is -6.46. The molecule has 0 atom stereocenters. The summed E-state index contributed by atoms with van der Waals surface area (Å²) in [6.45, 7) is 0. The van der Waals surface area contributed by atoms with Crippen molar-refractivity contribution in [1.82, 2.24) is 19.1 Å². The Kier molecular flexibility index (Phi) is 4.78. The minimum absolute atomic E-state index is 0.790. The van der Waals surface area contributed by atoms with Gasteiger partial charge in [0.25, 0.3) is 0 Å². The number of hydrogen-bond donors (Lipinski definition) is 0. The van der Waals surface area contributed by atoms with Gasteiger partial charge in [-0.25, -0.2) is 9.97 Å². The number of benzene rings is 7. The third kappa shape index (κ3) is 3.32. The Bertz CT molecular complexity index is 3090. The summed E-state index contributed by atoms with van der Waals surface area (Å²) in [5.74, 6) is 0.790. The van der Waals surface area contributed by atoms with Gasteiger partial charge in [-0.05, 0) is 64.0 Å². The van der Waals surface area contributed by atoms with E-state index in [4.69, 9.17) is 14.4 Å². The van der Waals surface area contributed by atoms with Crippen LogP contribution in [-0.2, 0) is 0 Å². The highest BCUT2D eigenvalue weighted by molar-refractivity contribution is 6.23. The van der Waals surface area contributed by atoms with Gasteiger partial charge in [-0.15, -0.1) is 0 Å². The lowest BCUT2D eigenvalue weighted by Crippen LogP contribution is -2.01. The van der Waals surface area contributed by atoms with Crippen LogP contribution in [0.25, 0.3) is 98.9 Å². The Morgan fingerprint density at radius 3 is 2.09 bits per heavy atom. The van der Waals surface area contributed by atoms with E-state index in [1.165, 1.54) is 32.3 Å². The van der Waals surface area contributed by atoms with Crippen molar-refractivity contribution in [3.63, 3.8) is 0 Å². The van der Waals surface area contributed by atoms with Gasteiger partial charge in [0.2, 0.25) is 0 Å². The molecule has 0 radical (unpaired) electrons. The summed E-state index contributed by atoms with van der Waals surface area (Å²) in [4.78, 5) is 10.6. The number of para-hydroxylation sites is 2. The zero-order valence-electron chi connectivity index (χ0n) is 25.1. The Balaban J connectivity index is 1.25. The van der Waals surface area contributed by atoms with Crippen molar-refractivity contribution in [1.29, 1.82) is 0 Å². The maximum atomic E-state index is 6.27. The smallest absolute Gasteiger partial charge is 0.164 e. The van der Waals surface area contributed by atoms with Gasteiger partial charge in [-0.2, -0.15) is 0 Å². The molecule has 0 aliphatic carbocycles. The van der Waals surface area contributed by atoms with Gasteiger partial charge < -0.3 is 4.42 Å². The van der Waals surface area contributed by atoms with Crippen molar-refractivity contribution in [3.8, 4) is 11.5 Å². The topological polar surface area (TPSA) is 48.8 Å². The van der Waals surface area contributed by atoms with Crippen LogP contribution >= 0.6 is 0 Å². The molecule has 218 valence electrons. The molecule has 4 heterocycles. The summed E-state index contributed by atoms with van der Waals surface area (Å²) in [6.07, 6.45) is 1.93. The van der Waals surface area contributed by atoms with Gasteiger partial charge in [0.05, 0.1) is 33.8 Å². The molecule has 0 fully saturated rings. The standard InChI is InChI=1S/C42H24N4O/c1-2-12-27-23-35-31(22-26(27)11-1)39-28-13-4-3-10-25(28)20-21-34(39)45(35)38-24-43-42-41(44-38)29-14-5-7-16-32(29)46(42)33-17-9-19-37-40(33)30-15-6-8-18-36(30)47-37/h1-24H. The number of rotatable bonds is 2. The fraction of sp³-hybridized carbons (Fsp3) is 0. The first-order valence-electron chi connectivity index (χ1n) is 15.8. The van der Waals surface area contributed by atoms with Crippen molar-refractivity contribution >= 4 is 87.4 Å². The van der Waals surface area contributed by atoms with Crippen molar-refractivity contribution in [3.05, 3.63) is 146 Å². The largest absolute Gasteiger partial charge is 0.456 e. The lowest BCUT2D eigenvalue weighted by Gasteiger charge is -2.10. The van der Waals surface area contributed by atoms with Crippen LogP contribution in [0, 0.1) is 0 Å². The molecule has 0 saturated carbocycles. The number of aromatic nitrogens is 4. The molecule has 5 heteroatoms. The highest BCUT2D eigenvalue weighted by Gasteiger charge is 2.22. The highest BCUT2D eigenvalue weighted by Crippen LogP contribution is 2.40. The van der Waals surface area contributed by atoms with Gasteiger partial charge in [0.1, 0.15) is 16.7 Å². The van der Waals surface area contributed by atoms with E-state index in [1.54, 1.807) is 0 Å². The third-order valence-electron chi connectivity index (χ3n) is 9.73. The van der Waals surface area contributed by atoms with E-state index in [2.05, 4.69) is 130 Å². The summed E-state index contributed by atoms with van der Waals surface area (Å²) in [7, 11) is 0. The van der Waals surface area contributed by atoms with Crippen LogP contribution in [0.5, 0.6) is 0 Å². The Morgan fingerprint density at radius 2 is 1.19 bits per heavy atom. The van der Waals surface area contributed by atoms with Gasteiger partial charge in [0.15, 0.2) is 11.5 Å². The number of hydrogen-bond acceptors (Lipinski definition) is 3. The normalized spacial score (nSPS) is 12.3. The average molecular weight is 601 g/mol. The number of fused-ring (bicyclic) bond motifs is 12. The predicted octanol–water partition coefficient (Wildman–Crippen LogP) is 10.9. The molecule has 7 aromatic carbocycles. The van der Waals surface area contributed by atoms with E-state index in [9.17, 15) is 0 Å². The van der Waals surface area contributed by atoms with Gasteiger partial charge >= 0.3 is 0 Å². The number of nitrogens with zero attached hydrogens (tertiary/aromatic N) is 4. The molecule has 0 aliphatic rings. The third-order valence-corrected chi connectivity index (χ3v) is 9.73. The lowest BCUT2D eigenvalue weighted by molar-refractivity contribution is 0.669. The fourth-order valence-corrected chi connectivity index (χ4v) is 7.71. The van der Waals surface area contributed by atoms with E-state index in [1.807, 2.05) is 24.4 Å². The molecule has 0 saturated heterocycles.